The summed E-state index contributed by atoms with van der Waals surface area (Å²) in [6.07, 6.45) is -0.603. The lowest BCUT2D eigenvalue weighted by Gasteiger charge is -2.14. The zero-order valence-corrected chi connectivity index (χ0v) is 12.9. The number of hydrogen-bond acceptors (Lipinski definition) is 3. The van der Waals surface area contributed by atoms with Gasteiger partial charge in [0, 0.05) is 18.1 Å². The first-order chi connectivity index (χ1) is 10.1. The minimum atomic E-state index is -0.603. The number of para-hydroxylation sites is 1. The molecule has 0 fully saturated rings. The molecule has 21 heavy (non-hydrogen) atoms. The van der Waals surface area contributed by atoms with Gasteiger partial charge in [-0.05, 0) is 29.8 Å². The standard InChI is InChI=1S/C16H17Cl2NO2/c17-13-7-5-12(6-8-13)9-19-10-14(20)11-21-16-4-2-1-3-15(16)18/h1-8,14,19-20H,9-11H2. The lowest BCUT2D eigenvalue weighted by molar-refractivity contribution is 0.106. The monoisotopic (exact) mass is 325 g/mol. The third-order valence-corrected chi connectivity index (χ3v) is 3.45. The highest BCUT2D eigenvalue weighted by atomic mass is 35.5. The molecule has 0 spiro atoms. The Morgan fingerprint density at radius 2 is 1.76 bits per heavy atom. The molecule has 3 nitrogen and oxygen atoms in total. The van der Waals surface area contributed by atoms with Gasteiger partial charge in [0.1, 0.15) is 18.5 Å². The lowest BCUT2D eigenvalue weighted by Crippen LogP contribution is -2.31. The third kappa shape index (κ3) is 5.56. The molecule has 0 saturated carbocycles. The van der Waals surface area contributed by atoms with E-state index in [1.165, 1.54) is 0 Å². The Balaban J connectivity index is 1.69. The van der Waals surface area contributed by atoms with Crippen LogP contribution in [0.2, 0.25) is 10.0 Å². The van der Waals surface area contributed by atoms with Crippen molar-refractivity contribution < 1.29 is 9.84 Å². The van der Waals surface area contributed by atoms with Crippen molar-refractivity contribution in [3.05, 3.63) is 64.1 Å². The molecule has 112 valence electrons. The van der Waals surface area contributed by atoms with Gasteiger partial charge in [0.2, 0.25) is 0 Å². The Kier molecular flexibility index (Phi) is 6.33. The van der Waals surface area contributed by atoms with Crippen molar-refractivity contribution in [2.24, 2.45) is 0 Å². The van der Waals surface area contributed by atoms with Gasteiger partial charge in [-0.25, -0.2) is 0 Å². The summed E-state index contributed by atoms with van der Waals surface area (Å²) >= 11 is 11.8. The van der Waals surface area contributed by atoms with Crippen LogP contribution in [0, 0.1) is 0 Å². The molecule has 0 radical (unpaired) electrons. The molecule has 0 aliphatic heterocycles. The van der Waals surface area contributed by atoms with Gasteiger partial charge in [-0.1, -0.05) is 47.5 Å². The van der Waals surface area contributed by atoms with Gasteiger partial charge in [0.25, 0.3) is 0 Å². The van der Waals surface area contributed by atoms with E-state index < -0.39 is 6.10 Å². The number of ether oxygens (including phenoxy) is 1. The van der Waals surface area contributed by atoms with Gasteiger partial charge in [0.05, 0.1) is 5.02 Å². The zero-order valence-electron chi connectivity index (χ0n) is 11.4. The highest BCUT2D eigenvalue weighted by Crippen LogP contribution is 2.23. The normalized spacial score (nSPS) is 12.1. The smallest absolute Gasteiger partial charge is 0.138 e. The predicted molar refractivity (Wildman–Crippen MR) is 86.1 cm³/mol. The average molecular weight is 326 g/mol. The molecule has 1 atom stereocenters. The summed E-state index contributed by atoms with van der Waals surface area (Å²) in [5.74, 6) is 0.580. The molecule has 5 heteroatoms. The van der Waals surface area contributed by atoms with Gasteiger partial charge in [0.15, 0.2) is 0 Å². The number of hydrogen-bond donors (Lipinski definition) is 2. The molecular formula is C16H17Cl2NO2. The number of aliphatic hydroxyl groups is 1. The molecule has 0 heterocycles. The van der Waals surface area contributed by atoms with E-state index in [1.54, 1.807) is 12.1 Å². The van der Waals surface area contributed by atoms with Crippen LogP contribution in [0.3, 0.4) is 0 Å². The largest absolute Gasteiger partial charge is 0.489 e. The number of rotatable bonds is 7. The van der Waals surface area contributed by atoms with Crippen LogP contribution in [-0.2, 0) is 6.54 Å². The molecule has 2 N–H and O–H groups in total. The van der Waals surface area contributed by atoms with Gasteiger partial charge >= 0.3 is 0 Å². The SMILES string of the molecule is OC(CNCc1ccc(Cl)cc1)COc1ccccc1Cl. The summed E-state index contributed by atoms with van der Waals surface area (Å²) in [6.45, 7) is 1.30. The number of nitrogens with one attached hydrogen (secondary N) is 1. The highest BCUT2D eigenvalue weighted by Gasteiger charge is 2.06. The van der Waals surface area contributed by atoms with Crippen LogP contribution in [0.25, 0.3) is 0 Å². The van der Waals surface area contributed by atoms with E-state index in [1.807, 2.05) is 36.4 Å². The first-order valence-electron chi connectivity index (χ1n) is 6.65. The number of halogens is 2. The summed E-state index contributed by atoms with van der Waals surface area (Å²) in [7, 11) is 0. The number of benzene rings is 2. The van der Waals surface area contributed by atoms with E-state index in [2.05, 4.69) is 5.32 Å². The topological polar surface area (TPSA) is 41.5 Å². The van der Waals surface area contributed by atoms with Crippen LogP contribution in [-0.4, -0.2) is 24.4 Å². The summed E-state index contributed by atoms with van der Waals surface area (Å²) in [5, 5.41) is 14.3. The van der Waals surface area contributed by atoms with Crippen LogP contribution in [0.5, 0.6) is 5.75 Å². The van der Waals surface area contributed by atoms with Crippen molar-refractivity contribution in [3.63, 3.8) is 0 Å². The second kappa shape index (κ2) is 8.25. The molecular weight excluding hydrogens is 309 g/mol. The van der Waals surface area contributed by atoms with Crippen molar-refractivity contribution in [3.8, 4) is 5.75 Å². The minimum Gasteiger partial charge on any atom is -0.489 e. The van der Waals surface area contributed by atoms with E-state index >= 15 is 0 Å². The van der Waals surface area contributed by atoms with Gasteiger partial charge in [-0.15, -0.1) is 0 Å². The Morgan fingerprint density at radius 3 is 2.48 bits per heavy atom. The highest BCUT2D eigenvalue weighted by molar-refractivity contribution is 6.32. The fourth-order valence-electron chi connectivity index (χ4n) is 1.79. The maximum Gasteiger partial charge on any atom is 0.138 e. The van der Waals surface area contributed by atoms with Crippen LogP contribution in [0.1, 0.15) is 5.56 Å². The Morgan fingerprint density at radius 1 is 1.05 bits per heavy atom. The fraction of sp³-hybridized carbons (Fsp3) is 0.250. The average Bonchev–Trinajstić information content (AvgIpc) is 2.48. The zero-order chi connectivity index (χ0) is 15.1. The molecule has 0 aromatic heterocycles. The summed E-state index contributed by atoms with van der Waals surface area (Å²) < 4.78 is 5.48. The molecule has 2 aromatic carbocycles. The third-order valence-electron chi connectivity index (χ3n) is 2.89. The summed E-state index contributed by atoms with van der Waals surface area (Å²) in [6, 6.07) is 14.8. The fourth-order valence-corrected chi connectivity index (χ4v) is 2.11. The van der Waals surface area contributed by atoms with Crippen LogP contribution < -0.4 is 10.1 Å². The number of aliphatic hydroxyl groups excluding tert-OH is 1. The summed E-state index contributed by atoms with van der Waals surface area (Å²) in [4.78, 5) is 0. The van der Waals surface area contributed by atoms with Crippen molar-refractivity contribution >= 4 is 23.2 Å². The van der Waals surface area contributed by atoms with Gasteiger partial charge in [-0.3, -0.25) is 0 Å². The maximum atomic E-state index is 9.87. The Labute approximate surface area is 134 Å². The van der Waals surface area contributed by atoms with Crippen molar-refractivity contribution in [2.45, 2.75) is 12.6 Å². The van der Waals surface area contributed by atoms with Crippen LogP contribution >= 0.6 is 23.2 Å². The van der Waals surface area contributed by atoms with Gasteiger partial charge < -0.3 is 15.2 Å². The van der Waals surface area contributed by atoms with Crippen molar-refractivity contribution in [1.82, 2.24) is 5.32 Å². The molecule has 0 bridgehead atoms. The quantitative estimate of drug-likeness (QED) is 0.818. The Bertz CT molecular complexity index is 560. The summed E-state index contributed by atoms with van der Waals surface area (Å²) in [5.41, 5.74) is 1.11. The molecule has 0 aliphatic rings. The van der Waals surface area contributed by atoms with E-state index in [9.17, 15) is 5.11 Å². The first-order valence-corrected chi connectivity index (χ1v) is 7.41. The minimum absolute atomic E-state index is 0.192. The van der Waals surface area contributed by atoms with E-state index in [-0.39, 0.29) is 6.61 Å². The Hall–Kier alpha value is -1.26. The molecule has 0 aliphatic carbocycles. The molecule has 0 amide bonds. The van der Waals surface area contributed by atoms with Crippen molar-refractivity contribution in [1.29, 1.82) is 0 Å². The molecule has 0 saturated heterocycles. The van der Waals surface area contributed by atoms with Crippen molar-refractivity contribution in [2.75, 3.05) is 13.2 Å². The van der Waals surface area contributed by atoms with Crippen LogP contribution in [0.4, 0.5) is 0 Å². The second-order valence-corrected chi connectivity index (χ2v) is 5.50. The van der Waals surface area contributed by atoms with Crippen LogP contribution in [0.15, 0.2) is 48.5 Å². The van der Waals surface area contributed by atoms with E-state index in [0.29, 0.717) is 28.9 Å². The molecule has 1 unspecified atom stereocenters. The predicted octanol–water partition coefficient (Wildman–Crippen LogP) is 3.52. The second-order valence-electron chi connectivity index (χ2n) is 4.65. The van der Waals surface area contributed by atoms with E-state index in [4.69, 9.17) is 27.9 Å². The van der Waals surface area contributed by atoms with E-state index in [0.717, 1.165) is 5.56 Å². The lowest BCUT2D eigenvalue weighted by atomic mass is 10.2. The molecule has 2 aromatic rings. The first kappa shape index (κ1) is 16.1. The maximum absolute atomic E-state index is 9.87. The van der Waals surface area contributed by atoms with Gasteiger partial charge in [-0.2, -0.15) is 0 Å². The molecule has 2 rings (SSSR count).